The Balaban J connectivity index is 1.69. The number of carbonyl (C=O) groups is 2. The Kier molecular flexibility index (Phi) is 9.36. The van der Waals surface area contributed by atoms with E-state index in [1.54, 1.807) is 6.92 Å². The molecule has 2 aromatic rings. The first kappa shape index (κ1) is 26.3. The Morgan fingerprint density at radius 1 is 0.971 bits per heavy atom. The van der Waals surface area contributed by atoms with Gasteiger partial charge in [-0.15, -0.1) is 0 Å². The summed E-state index contributed by atoms with van der Waals surface area (Å²) in [6.07, 6.45) is 2.20. The number of rotatable bonds is 6. The van der Waals surface area contributed by atoms with E-state index in [9.17, 15) is 22.8 Å². The number of amides is 2. The summed E-state index contributed by atoms with van der Waals surface area (Å²) in [5.74, 6) is -3.50. The van der Waals surface area contributed by atoms with Crippen molar-refractivity contribution >= 4 is 29.6 Å². The van der Waals surface area contributed by atoms with E-state index in [2.05, 4.69) is 20.9 Å². The highest BCUT2D eigenvalue weighted by molar-refractivity contribution is 6.30. The first-order chi connectivity index (χ1) is 16.7. The molecule has 2 aromatic carbocycles. The van der Waals surface area contributed by atoms with Crippen LogP contribution in [-0.2, 0) is 11.3 Å². The highest BCUT2D eigenvalue weighted by Crippen LogP contribution is 2.19. The van der Waals surface area contributed by atoms with Crippen molar-refractivity contribution in [3.05, 3.63) is 70.0 Å². The summed E-state index contributed by atoms with van der Waals surface area (Å²) >= 11 is 5.80. The van der Waals surface area contributed by atoms with Crippen molar-refractivity contribution in [1.29, 1.82) is 0 Å². The van der Waals surface area contributed by atoms with E-state index in [1.165, 1.54) is 18.2 Å². The number of aliphatic imine (C=N–C) groups is 1. The van der Waals surface area contributed by atoms with Crippen molar-refractivity contribution in [1.82, 2.24) is 16.0 Å². The molecule has 3 rings (SSSR count). The van der Waals surface area contributed by atoms with Gasteiger partial charge in [0.1, 0.15) is 5.82 Å². The molecular weight excluding hydrogens is 485 g/mol. The quantitative estimate of drug-likeness (QED) is 0.387. The molecule has 1 saturated carbocycles. The summed E-state index contributed by atoms with van der Waals surface area (Å²) in [4.78, 5) is 28.2. The van der Waals surface area contributed by atoms with Crippen LogP contribution in [0, 0.1) is 17.5 Å². The highest BCUT2D eigenvalue weighted by atomic mass is 35.5. The van der Waals surface area contributed by atoms with Gasteiger partial charge in [-0.3, -0.25) is 4.79 Å². The van der Waals surface area contributed by atoms with Crippen molar-refractivity contribution in [2.45, 2.75) is 51.2 Å². The first-order valence-corrected chi connectivity index (χ1v) is 11.6. The third-order valence-electron chi connectivity index (χ3n) is 5.51. The second kappa shape index (κ2) is 12.4. The van der Waals surface area contributed by atoms with Crippen LogP contribution in [0.1, 0.15) is 48.5 Å². The van der Waals surface area contributed by atoms with E-state index >= 15 is 0 Å². The zero-order chi connectivity index (χ0) is 25.4. The number of hydrogen-bond donors (Lipinski definition) is 3. The normalized spacial score (nSPS) is 18.0. The molecular formula is C24H26ClF3N4O3. The molecule has 0 bridgehead atoms. The second-order valence-corrected chi connectivity index (χ2v) is 8.48. The predicted octanol–water partition coefficient (Wildman–Crippen LogP) is 4.69. The average molecular weight is 511 g/mol. The molecule has 0 heterocycles. The maximum Gasteiger partial charge on any atom is 0.407 e. The van der Waals surface area contributed by atoms with Gasteiger partial charge in [-0.2, -0.15) is 4.99 Å². The van der Waals surface area contributed by atoms with Gasteiger partial charge in [-0.25, -0.2) is 18.0 Å². The largest absolute Gasteiger partial charge is 0.450 e. The van der Waals surface area contributed by atoms with Crippen LogP contribution in [0.15, 0.2) is 41.4 Å². The number of guanidine groups is 1. The lowest BCUT2D eigenvalue weighted by Gasteiger charge is -2.30. The standard InChI is InChI=1S/C24H26ClF3N4O3/c1-2-35-24(34)31-18-8-6-17(7-9-18)30-23(29-13-15-3-5-16(25)12-20(15)27)32-22(33)14-4-10-19(26)21(28)11-14/h3-5,10-12,17-18H,2,6-9,13H2,1H3,(H,31,34)(H2,29,30,32,33)/t17-,18-. The fourth-order valence-electron chi connectivity index (χ4n) is 3.68. The van der Waals surface area contributed by atoms with Crippen LogP contribution in [0.3, 0.4) is 0 Å². The number of benzene rings is 2. The molecule has 1 fully saturated rings. The first-order valence-electron chi connectivity index (χ1n) is 11.2. The van der Waals surface area contributed by atoms with Gasteiger partial charge in [-0.05, 0) is 62.9 Å². The number of alkyl carbamates (subject to hydrolysis) is 1. The topological polar surface area (TPSA) is 91.8 Å². The van der Waals surface area contributed by atoms with Crippen LogP contribution < -0.4 is 16.0 Å². The average Bonchev–Trinajstić information content (AvgIpc) is 2.81. The molecule has 0 aromatic heterocycles. The summed E-state index contributed by atoms with van der Waals surface area (Å²) in [5, 5.41) is 9.11. The third kappa shape index (κ3) is 7.88. The van der Waals surface area contributed by atoms with Crippen LogP contribution in [0.2, 0.25) is 5.02 Å². The molecule has 35 heavy (non-hydrogen) atoms. The smallest absolute Gasteiger partial charge is 0.407 e. The molecule has 0 radical (unpaired) electrons. The van der Waals surface area contributed by atoms with Crippen molar-refractivity contribution < 1.29 is 27.5 Å². The van der Waals surface area contributed by atoms with Gasteiger partial charge in [0.15, 0.2) is 17.6 Å². The molecule has 0 atom stereocenters. The molecule has 0 unspecified atom stereocenters. The fraction of sp³-hybridized carbons (Fsp3) is 0.375. The number of hydrogen-bond acceptors (Lipinski definition) is 3. The van der Waals surface area contributed by atoms with Gasteiger partial charge in [-0.1, -0.05) is 17.7 Å². The number of halogens is 4. The van der Waals surface area contributed by atoms with Crippen molar-refractivity contribution in [3.8, 4) is 0 Å². The zero-order valence-electron chi connectivity index (χ0n) is 19.0. The fourth-order valence-corrected chi connectivity index (χ4v) is 3.84. The minimum Gasteiger partial charge on any atom is -0.450 e. The Hall–Kier alpha value is -3.27. The SMILES string of the molecule is CCOC(=O)N[C@H]1CC[C@H](N/C(=N\C(=O)c2ccc(F)c(F)c2)NCc2ccc(Cl)cc2F)CC1. The van der Waals surface area contributed by atoms with Gasteiger partial charge < -0.3 is 20.7 Å². The van der Waals surface area contributed by atoms with Gasteiger partial charge in [0, 0.05) is 34.8 Å². The summed E-state index contributed by atoms with van der Waals surface area (Å²) in [6.45, 7) is 2.01. The van der Waals surface area contributed by atoms with Crippen LogP contribution in [0.25, 0.3) is 0 Å². The molecule has 1 aliphatic carbocycles. The molecule has 3 N–H and O–H groups in total. The van der Waals surface area contributed by atoms with Crippen LogP contribution in [0.4, 0.5) is 18.0 Å². The van der Waals surface area contributed by atoms with Gasteiger partial charge in [0.05, 0.1) is 6.61 Å². The maximum absolute atomic E-state index is 14.2. The van der Waals surface area contributed by atoms with E-state index < -0.39 is 29.5 Å². The molecule has 188 valence electrons. The number of nitrogens with one attached hydrogen (secondary N) is 3. The van der Waals surface area contributed by atoms with Crippen molar-refractivity contribution in [2.24, 2.45) is 4.99 Å². The number of carbonyl (C=O) groups excluding carboxylic acids is 2. The molecule has 2 amide bonds. The van der Waals surface area contributed by atoms with Gasteiger partial charge in [0.25, 0.3) is 5.91 Å². The number of ether oxygens (including phenoxy) is 1. The van der Waals surface area contributed by atoms with E-state index in [-0.39, 0.29) is 41.8 Å². The Labute approximate surface area is 206 Å². The van der Waals surface area contributed by atoms with Crippen molar-refractivity contribution in [2.75, 3.05) is 6.61 Å². The van der Waals surface area contributed by atoms with E-state index in [4.69, 9.17) is 16.3 Å². The summed E-state index contributed by atoms with van der Waals surface area (Å²) in [5.41, 5.74) is 0.163. The van der Waals surface area contributed by atoms with Crippen LogP contribution in [-0.4, -0.2) is 36.7 Å². The lowest BCUT2D eigenvalue weighted by molar-refractivity contribution is 0.100. The lowest BCUT2D eigenvalue weighted by atomic mass is 9.91. The van der Waals surface area contributed by atoms with E-state index in [0.29, 0.717) is 31.2 Å². The van der Waals surface area contributed by atoms with E-state index in [0.717, 1.165) is 18.2 Å². The molecule has 0 saturated heterocycles. The molecule has 0 aliphatic heterocycles. The van der Waals surface area contributed by atoms with Crippen molar-refractivity contribution in [3.63, 3.8) is 0 Å². The summed E-state index contributed by atoms with van der Waals surface area (Å²) < 4.78 is 45.9. The molecule has 7 nitrogen and oxygen atoms in total. The monoisotopic (exact) mass is 510 g/mol. The summed E-state index contributed by atoms with van der Waals surface area (Å²) in [6, 6.07) is 6.84. The maximum atomic E-state index is 14.2. The summed E-state index contributed by atoms with van der Waals surface area (Å²) in [7, 11) is 0. The number of nitrogens with zero attached hydrogens (tertiary/aromatic N) is 1. The highest BCUT2D eigenvalue weighted by Gasteiger charge is 2.24. The van der Waals surface area contributed by atoms with E-state index in [1.807, 2.05) is 0 Å². The molecule has 1 aliphatic rings. The molecule has 0 spiro atoms. The minimum absolute atomic E-state index is 0.000344. The predicted molar refractivity (Wildman–Crippen MR) is 126 cm³/mol. The Bertz CT molecular complexity index is 1090. The Morgan fingerprint density at radius 2 is 1.66 bits per heavy atom. The Morgan fingerprint density at radius 3 is 2.29 bits per heavy atom. The molecule has 11 heteroatoms. The van der Waals surface area contributed by atoms with Gasteiger partial charge >= 0.3 is 6.09 Å². The lowest BCUT2D eigenvalue weighted by Crippen LogP contribution is -2.47. The van der Waals surface area contributed by atoms with Crippen LogP contribution in [0.5, 0.6) is 0 Å². The second-order valence-electron chi connectivity index (χ2n) is 8.04. The third-order valence-corrected chi connectivity index (χ3v) is 5.74. The van der Waals surface area contributed by atoms with Gasteiger partial charge in [0.2, 0.25) is 0 Å². The minimum atomic E-state index is -1.16. The van der Waals surface area contributed by atoms with Crippen LogP contribution >= 0.6 is 11.6 Å². The zero-order valence-corrected chi connectivity index (χ0v) is 19.8.